The van der Waals surface area contributed by atoms with Gasteiger partial charge in [-0.05, 0) is 11.6 Å². The second-order valence-corrected chi connectivity index (χ2v) is 5.53. The summed E-state index contributed by atoms with van der Waals surface area (Å²) in [6.07, 6.45) is 2.61. The fourth-order valence-corrected chi connectivity index (χ4v) is 1.93. The summed E-state index contributed by atoms with van der Waals surface area (Å²) in [7, 11) is 2.64. The van der Waals surface area contributed by atoms with Crippen LogP contribution in [0.15, 0.2) is 18.5 Å². The summed E-state index contributed by atoms with van der Waals surface area (Å²) in [4.78, 5) is 14.8. The number of ether oxygens (including phenoxy) is 1. The van der Waals surface area contributed by atoms with E-state index in [4.69, 9.17) is 10.7 Å². The molecule has 1 aromatic rings. The summed E-state index contributed by atoms with van der Waals surface area (Å²) in [6, 6.07) is 1.37. The molecule has 0 amide bonds. The highest BCUT2D eigenvalue weighted by Crippen LogP contribution is 2.10. The largest absolute Gasteiger partial charge is 0.465 e. The molecule has 0 bridgehead atoms. The van der Waals surface area contributed by atoms with E-state index in [1.807, 2.05) is 0 Å². The van der Waals surface area contributed by atoms with Gasteiger partial charge in [0.15, 0.2) is 0 Å². The zero-order valence-electron chi connectivity index (χ0n) is 7.81. The first-order valence-electron chi connectivity index (χ1n) is 3.87. The minimum atomic E-state index is -3.65. The van der Waals surface area contributed by atoms with Gasteiger partial charge in [0.05, 0.1) is 18.4 Å². The molecule has 0 aliphatic carbocycles. The third-order valence-corrected chi connectivity index (χ3v) is 2.56. The topological polar surface area (TPSA) is 73.3 Å². The van der Waals surface area contributed by atoms with Crippen molar-refractivity contribution in [2.75, 3.05) is 7.11 Å². The fraction of sp³-hybridized carbons (Fsp3) is 0.250. The third kappa shape index (κ3) is 3.85. The predicted octanol–water partition coefficient (Wildman–Crippen LogP) is 0.937. The van der Waals surface area contributed by atoms with Crippen molar-refractivity contribution in [2.24, 2.45) is 0 Å². The van der Waals surface area contributed by atoms with Crippen LogP contribution >= 0.6 is 10.7 Å². The minimum absolute atomic E-state index is 0.190. The molecule has 0 fully saturated rings. The zero-order chi connectivity index (χ0) is 11.5. The Morgan fingerprint density at radius 2 is 2.20 bits per heavy atom. The first-order chi connectivity index (χ1) is 6.92. The Morgan fingerprint density at radius 3 is 2.73 bits per heavy atom. The molecule has 0 spiro atoms. The molecule has 0 unspecified atom stereocenters. The van der Waals surface area contributed by atoms with Crippen LogP contribution in [0.4, 0.5) is 0 Å². The van der Waals surface area contributed by atoms with Crippen LogP contribution in [0.1, 0.15) is 15.9 Å². The van der Waals surface area contributed by atoms with Crippen molar-refractivity contribution >= 4 is 25.7 Å². The maximum Gasteiger partial charge on any atom is 0.339 e. The highest BCUT2D eigenvalue weighted by molar-refractivity contribution is 8.13. The Morgan fingerprint density at radius 1 is 1.53 bits per heavy atom. The van der Waals surface area contributed by atoms with Crippen LogP contribution in [0, 0.1) is 0 Å². The second-order valence-electron chi connectivity index (χ2n) is 2.76. The third-order valence-electron chi connectivity index (χ3n) is 1.56. The molecule has 0 N–H and O–H groups in total. The van der Waals surface area contributed by atoms with E-state index >= 15 is 0 Å². The molecule has 1 aromatic heterocycles. The van der Waals surface area contributed by atoms with Gasteiger partial charge in [0.2, 0.25) is 9.05 Å². The van der Waals surface area contributed by atoms with Gasteiger partial charge in [-0.25, -0.2) is 13.2 Å². The maximum absolute atomic E-state index is 11.1. The quantitative estimate of drug-likeness (QED) is 0.589. The summed E-state index contributed by atoms with van der Waals surface area (Å²) in [5.41, 5.74) is 0.531. The molecule has 5 nitrogen and oxygen atoms in total. The SMILES string of the molecule is COC(=O)c1cncc(CS(=O)(=O)Cl)c1. The number of rotatable bonds is 3. The molecule has 0 radical (unpaired) electrons. The van der Waals surface area contributed by atoms with Crippen molar-refractivity contribution in [2.45, 2.75) is 5.75 Å². The van der Waals surface area contributed by atoms with E-state index in [0.29, 0.717) is 5.56 Å². The van der Waals surface area contributed by atoms with Crippen molar-refractivity contribution in [1.29, 1.82) is 0 Å². The van der Waals surface area contributed by atoms with Crippen molar-refractivity contribution in [1.82, 2.24) is 4.98 Å². The number of halogens is 1. The Hall–Kier alpha value is -1.14. The lowest BCUT2D eigenvalue weighted by atomic mass is 10.2. The van der Waals surface area contributed by atoms with Crippen LogP contribution in [0.5, 0.6) is 0 Å². The first kappa shape index (κ1) is 11.9. The smallest absolute Gasteiger partial charge is 0.339 e. The molecule has 0 saturated heterocycles. The van der Waals surface area contributed by atoms with Crippen LogP contribution < -0.4 is 0 Å². The standard InChI is InChI=1S/C8H8ClNO4S/c1-14-8(11)7-2-6(3-10-4-7)5-15(9,12)13/h2-4H,5H2,1H3. The lowest BCUT2D eigenvalue weighted by Gasteiger charge is -2.01. The van der Waals surface area contributed by atoms with Gasteiger partial charge in [0.1, 0.15) is 0 Å². The van der Waals surface area contributed by atoms with E-state index < -0.39 is 15.0 Å². The number of aromatic nitrogens is 1. The van der Waals surface area contributed by atoms with Gasteiger partial charge in [-0.15, -0.1) is 0 Å². The van der Waals surface area contributed by atoms with E-state index in [-0.39, 0.29) is 11.3 Å². The second kappa shape index (κ2) is 4.59. The van der Waals surface area contributed by atoms with Gasteiger partial charge in [0.25, 0.3) is 0 Å². The van der Waals surface area contributed by atoms with Gasteiger partial charge in [-0.3, -0.25) is 4.98 Å². The van der Waals surface area contributed by atoms with E-state index in [9.17, 15) is 13.2 Å². The molecule has 0 atom stereocenters. The van der Waals surface area contributed by atoms with E-state index in [0.717, 1.165) is 0 Å². The van der Waals surface area contributed by atoms with Crippen LogP contribution in [0.2, 0.25) is 0 Å². The molecule has 0 aliphatic heterocycles. The predicted molar refractivity (Wildman–Crippen MR) is 54.1 cm³/mol. The summed E-state index contributed by atoms with van der Waals surface area (Å²) in [5, 5.41) is 0. The number of carbonyl (C=O) groups excluding carboxylic acids is 1. The molecular formula is C8H8ClNO4S. The number of hydrogen-bond acceptors (Lipinski definition) is 5. The van der Waals surface area contributed by atoms with Crippen LogP contribution in [0.3, 0.4) is 0 Å². The van der Waals surface area contributed by atoms with Gasteiger partial charge in [-0.2, -0.15) is 0 Å². The van der Waals surface area contributed by atoms with E-state index in [1.165, 1.54) is 25.6 Å². The highest BCUT2D eigenvalue weighted by atomic mass is 35.7. The molecule has 0 aromatic carbocycles. The average molecular weight is 250 g/mol. The Balaban J connectivity index is 2.98. The minimum Gasteiger partial charge on any atom is -0.465 e. The van der Waals surface area contributed by atoms with Crippen LogP contribution in [0.25, 0.3) is 0 Å². The van der Waals surface area contributed by atoms with Gasteiger partial charge >= 0.3 is 5.97 Å². The first-order valence-corrected chi connectivity index (χ1v) is 6.35. The Kier molecular flexibility index (Phi) is 3.65. The van der Waals surface area contributed by atoms with Crippen molar-refractivity contribution in [3.63, 3.8) is 0 Å². The normalized spacial score (nSPS) is 11.1. The highest BCUT2D eigenvalue weighted by Gasteiger charge is 2.11. The molecule has 1 heterocycles. The molecular weight excluding hydrogens is 242 g/mol. The van der Waals surface area contributed by atoms with Crippen molar-refractivity contribution < 1.29 is 17.9 Å². The van der Waals surface area contributed by atoms with Gasteiger partial charge in [0, 0.05) is 23.1 Å². The van der Waals surface area contributed by atoms with E-state index in [2.05, 4.69) is 9.72 Å². The molecule has 0 aliphatic rings. The number of esters is 1. The Labute approximate surface area is 91.5 Å². The number of methoxy groups -OCH3 is 1. The molecule has 0 saturated carbocycles. The summed E-state index contributed by atoms with van der Waals surface area (Å²) in [5.74, 6) is -0.942. The summed E-state index contributed by atoms with van der Waals surface area (Å²) in [6.45, 7) is 0. The van der Waals surface area contributed by atoms with Gasteiger partial charge < -0.3 is 4.74 Å². The molecule has 15 heavy (non-hydrogen) atoms. The zero-order valence-corrected chi connectivity index (χ0v) is 9.38. The summed E-state index contributed by atoms with van der Waals surface area (Å²) >= 11 is 0. The lowest BCUT2D eigenvalue weighted by Crippen LogP contribution is -2.04. The van der Waals surface area contributed by atoms with Crippen LogP contribution in [-0.2, 0) is 19.5 Å². The molecule has 7 heteroatoms. The fourth-order valence-electron chi connectivity index (χ4n) is 0.995. The van der Waals surface area contributed by atoms with Crippen molar-refractivity contribution in [3.8, 4) is 0 Å². The maximum atomic E-state index is 11.1. The number of hydrogen-bond donors (Lipinski definition) is 0. The average Bonchev–Trinajstić information content (AvgIpc) is 2.14. The number of carbonyl (C=O) groups is 1. The number of nitrogens with zero attached hydrogens (tertiary/aromatic N) is 1. The lowest BCUT2D eigenvalue weighted by molar-refractivity contribution is 0.0600. The Bertz CT molecular complexity index is 471. The number of pyridine rings is 1. The monoisotopic (exact) mass is 249 g/mol. The van der Waals surface area contributed by atoms with Crippen molar-refractivity contribution in [3.05, 3.63) is 29.6 Å². The molecule has 1 rings (SSSR count). The molecule has 82 valence electrons. The van der Waals surface area contributed by atoms with Gasteiger partial charge in [-0.1, -0.05) is 0 Å². The summed E-state index contributed by atoms with van der Waals surface area (Å²) < 4.78 is 26.0. The van der Waals surface area contributed by atoms with E-state index in [1.54, 1.807) is 0 Å². The van der Waals surface area contributed by atoms with Crippen LogP contribution in [-0.4, -0.2) is 26.5 Å².